The van der Waals surface area contributed by atoms with Gasteiger partial charge in [0.2, 0.25) is 0 Å². The summed E-state index contributed by atoms with van der Waals surface area (Å²) in [6.07, 6.45) is -0.618. The molecule has 0 atom stereocenters. The highest BCUT2D eigenvalue weighted by Gasteiger charge is 2.40. The fourth-order valence-corrected chi connectivity index (χ4v) is 1.20. The van der Waals surface area contributed by atoms with Gasteiger partial charge in [-0.05, 0) is 0 Å². The van der Waals surface area contributed by atoms with Gasteiger partial charge in [-0.1, -0.05) is 0 Å². The van der Waals surface area contributed by atoms with Gasteiger partial charge in [0.1, 0.15) is 0 Å². The summed E-state index contributed by atoms with van der Waals surface area (Å²) >= 11 is 0. The summed E-state index contributed by atoms with van der Waals surface area (Å²) in [6, 6.07) is 0. The Kier molecular flexibility index (Phi) is 2.49. The van der Waals surface area contributed by atoms with Crippen LogP contribution in [0.1, 0.15) is 0 Å². The molecule has 5 heteroatoms. The van der Waals surface area contributed by atoms with Gasteiger partial charge < -0.3 is 4.90 Å². The summed E-state index contributed by atoms with van der Waals surface area (Å²) in [7, 11) is -2.26. The highest BCUT2D eigenvalue weighted by Crippen LogP contribution is 2.02. The molecule has 0 saturated carbocycles. The normalized spacial score (nSPS) is 12.8. The fourth-order valence-electron chi connectivity index (χ4n) is 0.401. The van der Waals surface area contributed by atoms with Crippen LogP contribution in [0, 0.1) is 0 Å². The molecule has 0 aliphatic carbocycles. The SMILES string of the molecule is C[NH+](C)C[Si](F)(F)F. The molecule has 1 N–H and O–H groups in total. The van der Waals surface area contributed by atoms with Gasteiger partial charge in [-0.25, -0.2) is 12.3 Å². The van der Waals surface area contributed by atoms with Gasteiger partial charge in [0.05, 0.1) is 14.1 Å². The third kappa shape index (κ3) is 5.97. The van der Waals surface area contributed by atoms with Crippen LogP contribution in [0.15, 0.2) is 0 Å². The average molecular weight is 144 g/mol. The van der Waals surface area contributed by atoms with Crippen molar-refractivity contribution in [3.63, 3.8) is 0 Å². The second kappa shape index (κ2) is 2.50. The van der Waals surface area contributed by atoms with E-state index in [1.54, 1.807) is 0 Å². The van der Waals surface area contributed by atoms with Crippen molar-refractivity contribution in [2.24, 2.45) is 0 Å². The predicted octanol–water partition coefficient (Wildman–Crippen LogP) is -0.483. The van der Waals surface area contributed by atoms with Crippen molar-refractivity contribution in [3.8, 4) is 0 Å². The van der Waals surface area contributed by atoms with Gasteiger partial charge in [-0.2, -0.15) is 0 Å². The number of hydrogen-bond acceptors (Lipinski definition) is 0. The molecule has 50 valence electrons. The minimum atomic E-state index is -5.26. The minimum Gasteiger partial charge on any atom is -0.336 e. The van der Waals surface area contributed by atoms with Crippen molar-refractivity contribution < 1.29 is 17.2 Å². The summed E-state index contributed by atoms with van der Waals surface area (Å²) in [5.74, 6) is 0. The Bertz CT molecular complexity index is 69.4. The van der Waals surface area contributed by atoms with E-state index in [0.717, 1.165) is 0 Å². The maximum atomic E-state index is 11.4. The topological polar surface area (TPSA) is 4.44 Å². The van der Waals surface area contributed by atoms with Gasteiger partial charge in [-0.15, -0.1) is 0 Å². The molecular formula is C3H9F3NSi+. The summed E-state index contributed by atoms with van der Waals surface area (Å²) in [5.41, 5.74) is 0. The van der Waals surface area contributed by atoms with Crippen LogP contribution < -0.4 is 4.90 Å². The molecule has 0 aliphatic rings. The molecule has 0 amide bonds. The van der Waals surface area contributed by atoms with Crippen LogP contribution in [0.25, 0.3) is 0 Å². The van der Waals surface area contributed by atoms with E-state index < -0.39 is 15.2 Å². The molecule has 1 nitrogen and oxygen atoms in total. The zero-order valence-corrected chi connectivity index (χ0v) is 5.84. The predicted molar refractivity (Wildman–Crippen MR) is 26.8 cm³/mol. The summed E-state index contributed by atoms with van der Waals surface area (Å²) < 4.78 is 34.3. The molecule has 0 aromatic rings. The van der Waals surface area contributed by atoms with Crippen LogP contribution in [-0.4, -0.2) is 29.3 Å². The van der Waals surface area contributed by atoms with Crippen molar-refractivity contribution in [1.29, 1.82) is 0 Å². The van der Waals surface area contributed by atoms with Crippen LogP contribution in [0.3, 0.4) is 0 Å². The number of quaternary nitrogens is 1. The minimum absolute atomic E-state index is 0.462. The van der Waals surface area contributed by atoms with Crippen molar-refractivity contribution >= 4 is 9.08 Å². The Morgan fingerprint density at radius 2 is 1.62 bits per heavy atom. The highest BCUT2D eigenvalue weighted by atomic mass is 28.5. The van der Waals surface area contributed by atoms with Crippen molar-refractivity contribution in [1.82, 2.24) is 0 Å². The lowest BCUT2D eigenvalue weighted by Gasteiger charge is -2.05. The molecule has 0 rings (SSSR count). The Morgan fingerprint density at radius 1 is 1.25 bits per heavy atom. The largest absolute Gasteiger partial charge is 0.674 e. The Balaban J connectivity index is 3.39. The Hall–Kier alpha value is -0.0331. The van der Waals surface area contributed by atoms with Gasteiger partial charge in [0, 0.05) is 0 Å². The van der Waals surface area contributed by atoms with Crippen LogP contribution in [0.4, 0.5) is 12.3 Å². The van der Waals surface area contributed by atoms with Gasteiger partial charge in [-0.3, -0.25) is 0 Å². The fraction of sp³-hybridized carbons (Fsp3) is 1.00. The molecular weight excluding hydrogens is 135 g/mol. The second-order valence-electron chi connectivity index (χ2n) is 2.00. The van der Waals surface area contributed by atoms with Gasteiger partial charge >= 0.3 is 9.08 Å². The quantitative estimate of drug-likeness (QED) is 0.394. The summed E-state index contributed by atoms with van der Waals surface area (Å²) in [5, 5.41) is 0. The van der Waals surface area contributed by atoms with Crippen LogP contribution in [-0.2, 0) is 0 Å². The number of halogens is 3. The monoisotopic (exact) mass is 144 g/mol. The molecule has 0 spiro atoms. The van der Waals surface area contributed by atoms with Gasteiger partial charge in [0.15, 0.2) is 6.17 Å². The molecule has 0 aliphatic heterocycles. The number of nitrogens with one attached hydrogen (secondary N) is 1. The average Bonchev–Trinajstić information content (AvgIpc) is 1.21. The third-order valence-electron chi connectivity index (χ3n) is 0.554. The number of hydrogen-bond donors (Lipinski definition) is 1. The zero-order chi connectivity index (χ0) is 6.78. The maximum Gasteiger partial charge on any atom is 0.674 e. The van der Waals surface area contributed by atoms with E-state index >= 15 is 0 Å². The molecule has 0 saturated heterocycles. The highest BCUT2D eigenvalue weighted by molar-refractivity contribution is 6.58. The molecule has 0 aromatic heterocycles. The maximum absolute atomic E-state index is 11.4. The van der Waals surface area contributed by atoms with Crippen molar-refractivity contribution in [2.75, 3.05) is 20.3 Å². The van der Waals surface area contributed by atoms with Gasteiger partial charge in [0.25, 0.3) is 0 Å². The van der Waals surface area contributed by atoms with Crippen LogP contribution in [0.2, 0.25) is 0 Å². The first-order chi connectivity index (χ1) is 3.42. The molecule has 0 unspecified atom stereocenters. The van der Waals surface area contributed by atoms with E-state index in [4.69, 9.17) is 0 Å². The van der Waals surface area contributed by atoms with Crippen molar-refractivity contribution in [3.05, 3.63) is 0 Å². The smallest absolute Gasteiger partial charge is 0.336 e. The lowest BCUT2D eigenvalue weighted by molar-refractivity contribution is -0.849. The summed E-state index contributed by atoms with van der Waals surface area (Å²) in [6.45, 7) is 0. The van der Waals surface area contributed by atoms with E-state index in [1.807, 2.05) is 0 Å². The molecule has 0 aromatic carbocycles. The second-order valence-corrected chi connectivity index (χ2v) is 3.58. The first-order valence-corrected chi connectivity index (χ1v) is 4.12. The molecule has 0 heterocycles. The van der Waals surface area contributed by atoms with E-state index in [1.165, 1.54) is 14.1 Å². The molecule has 0 radical (unpaired) electrons. The van der Waals surface area contributed by atoms with E-state index in [9.17, 15) is 12.3 Å². The van der Waals surface area contributed by atoms with Crippen LogP contribution >= 0.6 is 0 Å². The van der Waals surface area contributed by atoms with Crippen molar-refractivity contribution in [2.45, 2.75) is 0 Å². The first-order valence-electron chi connectivity index (χ1n) is 2.27. The van der Waals surface area contributed by atoms with E-state index in [0.29, 0.717) is 4.90 Å². The first kappa shape index (κ1) is 7.97. The van der Waals surface area contributed by atoms with E-state index in [2.05, 4.69) is 0 Å². The summed E-state index contributed by atoms with van der Waals surface area (Å²) in [4.78, 5) is 0.462. The molecule has 8 heavy (non-hydrogen) atoms. The zero-order valence-electron chi connectivity index (χ0n) is 4.84. The standard InChI is InChI=1S/C3H8F3NSi/c1-7(2)3-8(4,5)6/h3H2,1-2H3/p+1. The molecule has 0 bridgehead atoms. The Morgan fingerprint density at radius 3 is 1.62 bits per heavy atom. The van der Waals surface area contributed by atoms with E-state index in [-0.39, 0.29) is 0 Å². The number of rotatable bonds is 2. The lowest BCUT2D eigenvalue weighted by Crippen LogP contribution is -3.08. The Labute approximate surface area is 47.6 Å². The lowest BCUT2D eigenvalue weighted by atomic mass is 11.0. The van der Waals surface area contributed by atoms with Crippen LogP contribution in [0.5, 0.6) is 0 Å². The molecule has 0 fully saturated rings. The third-order valence-corrected chi connectivity index (χ3v) is 1.66.